The van der Waals surface area contributed by atoms with Crippen LogP contribution in [0, 0.1) is 11.8 Å². The van der Waals surface area contributed by atoms with E-state index in [0.717, 1.165) is 30.5 Å². The Labute approximate surface area is 119 Å². The van der Waals surface area contributed by atoms with E-state index in [9.17, 15) is 14.7 Å². The van der Waals surface area contributed by atoms with Crippen molar-refractivity contribution in [2.24, 2.45) is 11.8 Å². The maximum Gasteiger partial charge on any atom is 0.307 e. The maximum atomic E-state index is 12.3. The Morgan fingerprint density at radius 1 is 1.25 bits per heavy atom. The van der Waals surface area contributed by atoms with Gasteiger partial charge in [-0.3, -0.25) is 9.59 Å². The minimum absolute atomic E-state index is 0.162. The molecule has 2 unspecified atom stereocenters. The van der Waals surface area contributed by atoms with Crippen molar-refractivity contribution < 1.29 is 14.7 Å². The van der Waals surface area contributed by atoms with Crippen LogP contribution in [0.5, 0.6) is 0 Å². The van der Waals surface area contributed by atoms with Crippen molar-refractivity contribution >= 4 is 17.6 Å². The number of carboxylic acids is 1. The lowest BCUT2D eigenvalue weighted by Gasteiger charge is -2.27. The number of carboxylic acid groups (broad SMARTS) is 1. The Hall–Kier alpha value is -1.84. The minimum Gasteiger partial charge on any atom is -0.481 e. The minimum atomic E-state index is -0.854. The molecule has 2 rings (SSSR count). The zero-order valence-electron chi connectivity index (χ0n) is 11.8. The van der Waals surface area contributed by atoms with Gasteiger partial charge in [0, 0.05) is 5.69 Å². The van der Waals surface area contributed by atoms with E-state index >= 15 is 0 Å². The first-order valence-corrected chi connectivity index (χ1v) is 7.24. The summed E-state index contributed by atoms with van der Waals surface area (Å²) in [7, 11) is 0. The lowest BCUT2D eigenvalue weighted by molar-refractivity contribution is -0.147. The normalized spacial score (nSPS) is 22.2. The Balaban J connectivity index is 2.07. The molecule has 2 N–H and O–H groups in total. The summed E-state index contributed by atoms with van der Waals surface area (Å²) in [5.41, 5.74) is 1.91. The van der Waals surface area contributed by atoms with Crippen LogP contribution in [0.25, 0.3) is 0 Å². The predicted molar refractivity (Wildman–Crippen MR) is 77.5 cm³/mol. The van der Waals surface area contributed by atoms with Gasteiger partial charge < -0.3 is 10.4 Å². The molecule has 0 aromatic heterocycles. The van der Waals surface area contributed by atoms with Crippen LogP contribution in [-0.2, 0) is 16.0 Å². The number of aliphatic carboxylic acids is 1. The molecule has 108 valence electrons. The molecule has 4 nitrogen and oxygen atoms in total. The number of nitrogens with one attached hydrogen (secondary N) is 1. The molecule has 4 heteroatoms. The number of aryl methyl sites for hydroxylation is 1. The van der Waals surface area contributed by atoms with Crippen molar-refractivity contribution in [3.63, 3.8) is 0 Å². The largest absolute Gasteiger partial charge is 0.481 e. The highest BCUT2D eigenvalue weighted by atomic mass is 16.4. The molecule has 1 fully saturated rings. The topological polar surface area (TPSA) is 66.4 Å². The first kappa shape index (κ1) is 14.6. The van der Waals surface area contributed by atoms with E-state index < -0.39 is 17.8 Å². The van der Waals surface area contributed by atoms with Crippen LogP contribution in [0.1, 0.15) is 38.2 Å². The number of carbonyl (C=O) groups excluding carboxylic acids is 1. The molecule has 1 saturated carbocycles. The van der Waals surface area contributed by atoms with Crippen LogP contribution in [0.3, 0.4) is 0 Å². The third-order valence-corrected chi connectivity index (χ3v) is 4.02. The molecule has 1 amide bonds. The zero-order chi connectivity index (χ0) is 14.5. The highest BCUT2D eigenvalue weighted by molar-refractivity contribution is 5.95. The number of hydrogen-bond donors (Lipinski definition) is 2. The molecule has 0 aliphatic heterocycles. The first-order valence-electron chi connectivity index (χ1n) is 7.24. The summed E-state index contributed by atoms with van der Waals surface area (Å²) in [4.78, 5) is 23.5. The van der Waals surface area contributed by atoms with Crippen molar-refractivity contribution in [3.05, 3.63) is 29.8 Å². The zero-order valence-corrected chi connectivity index (χ0v) is 11.8. The van der Waals surface area contributed by atoms with E-state index in [0.29, 0.717) is 12.8 Å². The van der Waals surface area contributed by atoms with Crippen molar-refractivity contribution in [2.75, 3.05) is 5.32 Å². The molecular weight excluding hydrogens is 254 g/mol. The van der Waals surface area contributed by atoms with Gasteiger partial charge in [-0.1, -0.05) is 31.9 Å². The van der Waals surface area contributed by atoms with Gasteiger partial charge in [0.2, 0.25) is 5.91 Å². The summed E-state index contributed by atoms with van der Waals surface area (Å²) >= 11 is 0. The predicted octanol–water partition coefficient (Wildman–Crippen LogP) is 3.08. The van der Waals surface area contributed by atoms with Gasteiger partial charge in [0.05, 0.1) is 11.8 Å². The Morgan fingerprint density at radius 2 is 1.95 bits per heavy atom. The summed E-state index contributed by atoms with van der Waals surface area (Å²) in [6.45, 7) is 2.06. The lowest BCUT2D eigenvalue weighted by atomic mass is 9.78. The Bertz CT molecular complexity index is 498. The quantitative estimate of drug-likeness (QED) is 0.887. The molecule has 1 aliphatic carbocycles. The van der Waals surface area contributed by atoms with Gasteiger partial charge in [0.25, 0.3) is 0 Å². The Morgan fingerprint density at radius 3 is 2.60 bits per heavy atom. The lowest BCUT2D eigenvalue weighted by Crippen LogP contribution is -2.36. The molecule has 1 aromatic rings. The van der Waals surface area contributed by atoms with E-state index in [-0.39, 0.29) is 5.91 Å². The number of amides is 1. The van der Waals surface area contributed by atoms with Crippen molar-refractivity contribution in [3.8, 4) is 0 Å². The number of rotatable bonds is 4. The first-order chi connectivity index (χ1) is 9.61. The second-order valence-electron chi connectivity index (χ2n) is 5.38. The fraction of sp³-hybridized carbons (Fsp3) is 0.500. The molecule has 0 heterocycles. The van der Waals surface area contributed by atoms with E-state index in [4.69, 9.17) is 0 Å². The number of anilines is 1. The van der Waals surface area contributed by atoms with E-state index in [2.05, 4.69) is 12.2 Å². The van der Waals surface area contributed by atoms with Crippen molar-refractivity contribution in [1.82, 2.24) is 0 Å². The van der Waals surface area contributed by atoms with Gasteiger partial charge in [0.1, 0.15) is 0 Å². The summed E-state index contributed by atoms with van der Waals surface area (Å²) in [6.07, 6.45) is 3.99. The van der Waals surface area contributed by atoms with Gasteiger partial charge in [-0.2, -0.15) is 0 Å². The molecule has 0 radical (unpaired) electrons. The molecule has 0 saturated heterocycles. The molecule has 0 spiro atoms. The van der Waals surface area contributed by atoms with E-state index in [1.165, 1.54) is 0 Å². The van der Waals surface area contributed by atoms with Gasteiger partial charge in [0.15, 0.2) is 0 Å². The summed E-state index contributed by atoms with van der Waals surface area (Å²) in [5.74, 6) is -1.97. The summed E-state index contributed by atoms with van der Waals surface area (Å²) in [5, 5.41) is 12.1. The molecule has 0 bridgehead atoms. The van der Waals surface area contributed by atoms with Gasteiger partial charge in [-0.05, 0) is 37.0 Å². The highest BCUT2D eigenvalue weighted by Crippen LogP contribution is 2.31. The van der Waals surface area contributed by atoms with Gasteiger partial charge >= 0.3 is 5.97 Å². The van der Waals surface area contributed by atoms with Crippen LogP contribution < -0.4 is 5.32 Å². The molecular formula is C16H21NO3. The van der Waals surface area contributed by atoms with Crippen LogP contribution in [-0.4, -0.2) is 17.0 Å². The fourth-order valence-corrected chi connectivity index (χ4v) is 2.84. The Kier molecular flexibility index (Phi) is 4.77. The van der Waals surface area contributed by atoms with Crippen LogP contribution in [0.4, 0.5) is 5.69 Å². The monoisotopic (exact) mass is 275 g/mol. The summed E-state index contributed by atoms with van der Waals surface area (Å²) < 4.78 is 0. The van der Waals surface area contributed by atoms with Gasteiger partial charge in [-0.25, -0.2) is 0 Å². The number of hydrogen-bond acceptors (Lipinski definition) is 2. The van der Waals surface area contributed by atoms with Gasteiger partial charge in [-0.15, -0.1) is 0 Å². The molecule has 1 aliphatic rings. The third kappa shape index (κ3) is 3.38. The smallest absolute Gasteiger partial charge is 0.307 e. The standard InChI is InChI=1S/C16H21NO3/c1-2-11-6-5-7-12(10-11)17-15(18)13-8-3-4-9-14(13)16(19)20/h5-7,10,13-14H,2-4,8-9H2,1H3,(H,17,18)(H,19,20). The average molecular weight is 275 g/mol. The SMILES string of the molecule is CCc1cccc(NC(=O)C2CCCCC2C(=O)O)c1. The molecule has 2 atom stereocenters. The highest BCUT2D eigenvalue weighted by Gasteiger charge is 2.35. The maximum absolute atomic E-state index is 12.3. The van der Waals surface area contributed by atoms with Crippen LogP contribution >= 0.6 is 0 Å². The van der Waals surface area contributed by atoms with Crippen molar-refractivity contribution in [1.29, 1.82) is 0 Å². The second kappa shape index (κ2) is 6.55. The summed E-state index contributed by atoms with van der Waals surface area (Å²) in [6, 6.07) is 7.70. The molecule has 20 heavy (non-hydrogen) atoms. The third-order valence-electron chi connectivity index (χ3n) is 4.02. The number of carbonyl (C=O) groups is 2. The second-order valence-corrected chi connectivity index (χ2v) is 5.38. The van der Waals surface area contributed by atoms with E-state index in [1.807, 2.05) is 24.3 Å². The molecule has 1 aromatic carbocycles. The van der Waals surface area contributed by atoms with Crippen molar-refractivity contribution in [2.45, 2.75) is 39.0 Å². The average Bonchev–Trinajstić information content (AvgIpc) is 2.47. The van der Waals surface area contributed by atoms with E-state index in [1.54, 1.807) is 0 Å². The van der Waals surface area contributed by atoms with Crippen LogP contribution in [0.2, 0.25) is 0 Å². The fourth-order valence-electron chi connectivity index (χ4n) is 2.84. The van der Waals surface area contributed by atoms with Crippen LogP contribution in [0.15, 0.2) is 24.3 Å². The number of benzene rings is 1.